The number of aryl methyl sites for hydroxylation is 2. The van der Waals surface area contributed by atoms with Crippen LogP contribution in [0.1, 0.15) is 31.9 Å². The minimum atomic E-state index is -0.195. The summed E-state index contributed by atoms with van der Waals surface area (Å²) in [7, 11) is 0. The SMILES string of the molecule is C=C(C)C(=O)Nc1cc(CC)c(O)c(CC)c1. The Morgan fingerprint density at radius 2 is 1.76 bits per heavy atom. The van der Waals surface area contributed by atoms with Gasteiger partial charge in [0.2, 0.25) is 0 Å². The van der Waals surface area contributed by atoms with Crippen molar-refractivity contribution >= 4 is 11.6 Å². The molecule has 0 aliphatic rings. The maximum absolute atomic E-state index is 11.5. The Kier molecular flexibility index (Phi) is 4.32. The summed E-state index contributed by atoms with van der Waals surface area (Å²) in [5.41, 5.74) is 2.88. The molecule has 0 unspecified atom stereocenters. The molecular weight excluding hydrogens is 214 g/mol. The summed E-state index contributed by atoms with van der Waals surface area (Å²) < 4.78 is 0. The molecule has 1 amide bonds. The van der Waals surface area contributed by atoms with E-state index in [9.17, 15) is 9.90 Å². The molecule has 3 nitrogen and oxygen atoms in total. The first-order chi connectivity index (χ1) is 7.99. The van der Waals surface area contributed by atoms with Crippen molar-refractivity contribution < 1.29 is 9.90 Å². The summed E-state index contributed by atoms with van der Waals surface area (Å²) in [4.78, 5) is 11.5. The fourth-order valence-corrected chi connectivity index (χ4v) is 1.61. The number of nitrogens with one attached hydrogen (secondary N) is 1. The third kappa shape index (κ3) is 3.09. The molecule has 0 aliphatic heterocycles. The van der Waals surface area contributed by atoms with Crippen LogP contribution in [-0.4, -0.2) is 11.0 Å². The molecule has 2 N–H and O–H groups in total. The number of amides is 1. The first-order valence-electron chi connectivity index (χ1n) is 5.81. The first-order valence-corrected chi connectivity index (χ1v) is 5.81. The van der Waals surface area contributed by atoms with E-state index in [-0.39, 0.29) is 5.91 Å². The second-order valence-corrected chi connectivity index (χ2v) is 4.08. The summed E-state index contributed by atoms with van der Waals surface area (Å²) in [5.74, 6) is 0.142. The van der Waals surface area contributed by atoms with Crippen molar-refractivity contribution in [1.82, 2.24) is 0 Å². The Balaban J connectivity index is 3.09. The Labute approximate surface area is 102 Å². The van der Waals surface area contributed by atoms with Gasteiger partial charge >= 0.3 is 0 Å². The average Bonchev–Trinajstić information content (AvgIpc) is 2.30. The average molecular weight is 233 g/mol. The van der Waals surface area contributed by atoms with Gasteiger partial charge in [0.25, 0.3) is 5.91 Å². The van der Waals surface area contributed by atoms with Gasteiger partial charge in [0.05, 0.1) is 0 Å². The Bertz CT molecular complexity index is 425. The number of phenols is 1. The minimum Gasteiger partial charge on any atom is -0.507 e. The lowest BCUT2D eigenvalue weighted by molar-refractivity contribution is -0.112. The highest BCUT2D eigenvalue weighted by Crippen LogP contribution is 2.28. The lowest BCUT2D eigenvalue weighted by atomic mass is 10.0. The minimum absolute atomic E-state index is 0.195. The molecule has 0 atom stereocenters. The normalized spacial score (nSPS) is 10.1. The van der Waals surface area contributed by atoms with Crippen molar-refractivity contribution in [3.63, 3.8) is 0 Å². The molecule has 0 radical (unpaired) electrons. The molecule has 0 saturated carbocycles. The smallest absolute Gasteiger partial charge is 0.250 e. The topological polar surface area (TPSA) is 49.3 Å². The number of phenolic OH excluding ortho intramolecular Hbond substituents is 1. The van der Waals surface area contributed by atoms with Gasteiger partial charge < -0.3 is 10.4 Å². The molecule has 1 aromatic carbocycles. The fourth-order valence-electron chi connectivity index (χ4n) is 1.61. The molecule has 0 aliphatic carbocycles. The molecule has 1 rings (SSSR count). The van der Waals surface area contributed by atoms with Crippen molar-refractivity contribution in [3.8, 4) is 5.75 Å². The van der Waals surface area contributed by atoms with Gasteiger partial charge in [-0.2, -0.15) is 0 Å². The number of rotatable bonds is 4. The lowest BCUT2D eigenvalue weighted by Gasteiger charge is -2.12. The summed E-state index contributed by atoms with van der Waals surface area (Å²) in [5, 5.41) is 12.7. The molecule has 92 valence electrons. The number of aromatic hydroxyl groups is 1. The molecule has 0 heterocycles. The number of benzene rings is 1. The van der Waals surface area contributed by atoms with Crippen LogP contribution in [0.25, 0.3) is 0 Å². The zero-order valence-corrected chi connectivity index (χ0v) is 10.6. The van der Waals surface area contributed by atoms with E-state index in [1.807, 2.05) is 13.8 Å². The quantitative estimate of drug-likeness (QED) is 0.620. The predicted molar refractivity (Wildman–Crippen MR) is 70.3 cm³/mol. The van der Waals surface area contributed by atoms with Crippen molar-refractivity contribution in [2.24, 2.45) is 0 Å². The van der Waals surface area contributed by atoms with E-state index in [2.05, 4.69) is 11.9 Å². The molecule has 0 aromatic heterocycles. The molecule has 0 bridgehead atoms. The van der Waals surface area contributed by atoms with Gasteiger partial charge in [0, 0.05) is 11.3 Å². The van der Waals surface area contributed by atoms with Crippen LogP contribution in [0, 0.1) is 0 Å². The number of hydrogen-bond acceptors (Lipinski definition) is 2. The number of anilines is 1. The van der Waals surface area contributed by atoms with Gasteiger partial charge in [-0.25, -0.2) is 0 Å². The van der Waals surface area contributed by atoms with Crippen LogP contribution in [0.5, 0.6) is 5.75 Å². The maximum atomic E-state index is 11.5. The second-order valence-electron chi connectivity index (χ2n) is 4.08. The van der Waals surface area contributed by atoms with Gasteiger partial charge in [-0.05, 0) is 43.0 Å². The van der Waals surface area contributed by atoms with Gasteiger partial charge in [-0.1, -0.05) is 20.4 Å². The summed E-state index contributed by atoms with van der Waals surface area (Å²) in [6.07, 6.45) is 1.46. The summed E-state index contributed by atoms with van der Waals surface area (Å²) in [6, 6.07) is 3.60. The zero-order valence-electron chi connectivity index (χ0n) is 10.6. The van der Waals surface area contributed by atoms with Crippen molar-refractivity contribution in [2.45, 2.75) is 33.6 Å². The number of carbonyl (C=O) groups is 1. The molecular formula is C14H19NO2. The van der Waals surface area contributed by atoms with E-state index in [4.69, 9.17) is 0 Å². The van der Waals surface area contributed by atoms with Crippen LogP contribution < -0.4 is 5.32 Å². The third-order valence-electron chi connectivity index (χ3n) is 2.68. The van der Waals surface area contributed by atoms with Crippen LogP contribution in [0.3, 0.4) is 0 Å². The molecule has 0 fully saturated rings. The highest BCUT2D eigenvalue weighted by Gasteiger charge is 2.09. The van der Waals surface area contributed by atoms with Crippen LogP contribution in [0.2, 0.25) is 0 Å². The van der Waals surface area contributed by atoms with E-state index in [1.54, 1.807) is 19.1 Å². The number of hydrogen-bond donors (Lipinski definition) is 2. The molecule has 17 heavy (non-hydrogen) atoms. The summed E-state index contributed by atoms with van der Waals surface area (Å²) in [6.45, 7) is 9.20. The van der Waals surface area contributed by atoms with Crippen LogP contribution >= 0.6 is 0 Å². The Hall–Kier alpha value is -1.77. The zero-order chi connectivity index (χ0) is 13.0. The second kappa shape index (κ2) is 5.53. The first kappa shape index (κ1) is 13.3. The van der Waals surface area contributed by atoms with Crippen LogP contribution in [-0.2, 0) is 17.6 Å². The van der Waals surface area contributed by atoms with E-state index in [0.717, 1.165) is 24.0 Å². The molecule has 0 saturated heterocycles. The lowest BCUT2D eigenvalue weighted by Crippen LogP contribution is -2.12. The van der Waals surface area contributed by atoms with Gasteiger partial charge in [-0.3, -0.25) is 4.79 Å². The van der Waals surface area contributed by atoms with Gasteiger partial charge in [0.1, 0.15) is 5.75 Å². The third-order valence-corrected chi connectivity index (χ3v) is 2.68. The van der Waals surface area contributed by atoms with Crippen molar-refractivity contribution in [1.29, 1.82) is 0 Å². The largest absolute Gasteiger partial charge is 0.507 e. The van der Waals surface area contributed by atoms with E-state index < -0.39 is 0 Å². The molecule has 1 aromatic rings. The predicted octanol–water partition coefficient (Wildman–Crippen LogP) is 3.03. The van der Waals surface area contributed by atoms with Crippen LogP contribution in [0.4, 0.5) is 5.69 Å². The maximum Gasteiger partial charge on any atom is 0.250 e. The monoisotopic (exact) mass is 233 g/mol. The summed E-state index contributed by atoms with van der Waals surface area (Å²) >= 11 is 0. The van der Waals surface area contributed by atoms with E-state index in [1.165, 1.54) is 0 Å². The fraction of sp³-hybridized carbons (Fsp3) is 0.357. The Morgan fingerprint density at radius 1 is 1.29 bits per heavy atom. The van der Waals surface area contributed by atoms with Crippen molar-refractivity contribution in [2.75, 3.05) is 5.32 Å². The highest BCUT2D eigenvalue weighted by molar-refractivity contribution is 6.02. The van der Waals surface area contributed by atoms with E-state index in [0.29, 0.717) is 17.0 Å². The van der Waals surface area contributed by atoms with Gasteiger partial charge in [0.15, 0.2) is 0 Å². The van der Waals surface area contributed by atoms with Gasteiger partial charge in [-0.15, -0.1) is 0 Å². The van der Waals surface area contributed by atoms with Crippen LogP contribution in [0.15, 0.2) is 24.3 Å². The standard InChI is InChI=1S/C14H19NO2/c1-5-10-7-12(15-14(17)9(3)4)8-11(6-2)13(10)16/h7-8,16H,3,5-6H2,1-2,4H3,(H,15,17). The van der Waals surface area contributed by atoms with E-state index >= 15 is 0 Å². The molecule has 0 spiro atoms. The molecule has 3 heteroatoms. The number of carbonyl (C=O) groups excluding carboxylic acids is 1. The Morgan fingerprint density at radius 3 is 2.12 bits per heavy atom. The highest BCUT2D eigenvalue weighted by atomic mass is 16.3. The van der Waals surface area contributed by atoms with Crippen molar-refractivity contribution in [3.05, 3.63) is 35.4 Å².